The van der Waals surface area contributed by atoms with Crippen LogP contribution < -0.4 is 42.6 Å². The maximum absolute atomic E-state index is 6.18. The Morgan fingerprint density at radius 1 is 0.358 bits per heavy atom. The Labute approximate surface area is 304 Å². The van der Waals surface area contributed by atoms with Crippen molar-refractivity contribution < 1.29 is 61.6 Å². The molecule has 4 fully saturated rings. The first kappa shape index (κ1) is 31.4. The molecular weight excluding hydrogens is 688 g/mol. The van der Waals surface area contributed by atoms with Crippen molar-refractivity contribution in [3.05, 3.63) is 89.5 Å². The molecule has 8 atom stereocenters. The first-order chi connectivity index (χ1) is 26.2. The fourth-order valence-corrected chi connectivity index (χ4v) is 8.56. The molecule has 0 amide bonds. The van der Waals surface area contributed by atoms with Crippen LogP contribution in [0.2, 0.25) is 0 Å². The van der Waals surface area contributed by atoms with Crippen LogP contribution >= 0.6 is 0 Å². The molecule has 8 aliphatic heterocycles. The van der Waals surface area contributed by atoms with Gasteiger partial charge >= 0.3 is 0 Å². The summed E-state index contributed by atoms with van der Waals surface area (Å²) < 4.78 is 74.0. The van der Waals surface area contributed by atoms with Crippen LogP contribution in [0.25, 0.3) is 0 Å². The molecule has 4 aromatic rings. The van der Waals surface area contributed by atoms with E-state index in [0.29, 0.717) is 49.8 Å². The van der Waals surface area contributed by atoms with Crippen molar-refractivity contribution in [1.29, 1.82) is 0 Å². The van der Waals surface area contributed by atoms with Gasteiger partial charge in [-0.2, -0.15) is 0 Å². The first-order valence-electron chi connectivity index (χ1n) is 17.9. The molecule has 8 aliphatic rings. The van der Waals surface area contributed by atoms with E-state index in [1.165, 1.54) is 0 Å². The van der Waals surface area contributed by atoms with Gasteiger partial charge in [0.05, 0.1) is 50.7 Å². The number of fused-ring (bicyclic) bond motifs is 6. The molecule has 8 heterocycles. The van der Waals surface area contributed by atoms with Gasteiger partial charge in [-0.25, -0.2) is 0 Å². The minimum atomic E-state index is -0.339. The molecule has 0 N–H and O–H groups in total. The van der Waals surface area contributed by atoms with Crippen molar-refractivity contribution in [2.45, 2.75) is 24.6 Å². The molecule has 53 heavy (non-hydrogen) atoms. The van der Waals surface area contributed by atoms with Crippen LogP contribution in [0.4, 0.5) is 0 Å². The highest BCUT2D eigenvalue weighted by Crippen LogP contribution is 2.52. The van der Waals surface area contributed by atoms with E-state index in [4.69, 9.17) is 61.6 Å². The zero-order chi connectivity index (χ0) is 34.9. The summed E-state index contributed by atoms with van der Waals surface area (Å²) in [4.78, 5) is 0. The smallest absolute Gasteiger partial charge is 0.231 e. The molecule has 274 valence electrons. The van der Waals surface area contributed by atoms with Gasteiger partial charge in [-0.05, 0) is 65.2 Å². The summed E-state index contributed by atoms with van der Waals surface area (Å²) in [6.45, 7) is 3.64. The third kappa shape index (κ3) is 5.52. The second-order valence-corrected chi connectivity index (χ2v) is 14.1. The number of hydrogen-bond donors (Lipinski definition) is 0. The maximum atomic E-state index is 6.18. The number of benzene rings is 4. The van der Waals surface area contributed by atoms with Gasteiger partial charge in [0.15, 0.2) is 46.0 Å². The van der Waals surface area contributed by atoms with Gasteiger partial charge in [-0.15, -0.1) is 0 Å². The van der Waals surface area contributed by atoms with Gasteiger partial charge in [-0.3, -0.25) is 0 Å². The molecule has 0 radical (unpaired) electrons. The Morgan fingerprint density at radius 2 is 0.717 bits per heavy atom. The highest BCUT2D eigenvalue weighted by molar-refractivity contribution is 5.49. The van der Waals surface area contributed by atoms with Crippen LogP contribution in [0, 0.1) is 23.7 Å². The zero-order valence-electron chi connectivity index (χ0n) is 28.5. The number of hydrogen-bond acceptors (Lipinski definition) is 13. The molecule has 4 aromatic carbocycles. The molecule has 0 bridgehead atoms. The SMILES string of the molecule is c1cc2c(cc1O[C@H]1OC[C@H]3[C@@H]1CO[C@@H]3c1ccc3c(c1)OCO3)OCO2.c1cc2c(cc1[C@H]1OC[C@H]3[C@@H]1CO[C@H]3c1ccc3c(c1)OCO3)OCO2. The molecule has 0 spiro atoms. The lowest BCUT2D eigenvalue weighted by Gasteiger charge is -2.18. The van der Waals surface area contributed by atoms with Crippen LogP contribution in [0.1, 0.15) is 35.0 Å². The van der Waals surface area contributed by atoms with Gasteiger partial charge in [0.1, 0.15) is 5.75 Å². The monoisotopic (exact) mass is 724 g/mol. The van der Waals surface area contributed by atoms with Crippen LogP contribution in [-0.2, 0) is 18.9 Å². The van der Waals surface area contributed by atoms with E-state index in [0.717, 1.165) is 56.9 Å². The zero-order valence-corrected chi connectivity index (χ0v) is 28.5. The Bertz CT molecular complexity index is 1960. The minimum absolute atomic E-state index is 0.0218. The molecule has 0 unspecified atom stereocenters. The van der Waals surface area contributed by atoms with E-state index in [2.05, 4.69) is 12.1 Å². The third-order valence-electron chi connectivity index (χ3n) is 11.2. The van der Waals surface area contributed by atoms with Gasteiger partial charge in [0, 0.05) is 23.8 Å². The highest BCUT2D eigenvalue weighted by Gasteiger charge is 2.50. The van der Waals surface area contributed by atoms with Crippen molar-refractivity contribution in [3.63, 3.8) is 0 Å². The summed E-state index contributed by atoms with van der Waals surface area (Å²) in [5.74, 6) is 7.92. The quantitative estimate of drug-likeness (QED) is 0.236. The predicted octanol–water partition coefficient (Wildman–Crippen LogP) is 6.10. The van der Waals surface area contributed by atoms with Gasteiger partial charge in [0.2, 0.25) is 33.5 Å². The molecule has 12 rings (SSSR count). The lowest BCUT2D eigenvalue weighted by atomic mass is 9.85. The largest absolute Gasteiger partial charge is 0.464 e. The Balaban J connectivity index is 0.000000125. The van der Waals surface area contributed by atoms with Crippen LogP contribution in [0.15, 0.2) is 72.8 Å². The summed E-state index contributed by atoms with van der Waals surface area (Å²) in [5, 5.41) is 0. The van der Waals surface area contributed by atoms with E-state index in [1.807, 2.05) is 60.7 Å². The van der Waals surface area contributed by atoms with Crippen LogP contribution in [0.3, 0.4) is 0 Å². The summed E-state index contributed by atoms with van der Waals surface area (Å²) in [5.41, 5.74) is 3.33. The summed E-state index contributed by atoms with van der Waals surface area (Å²) in [6, 6.07) is 23.6. The second kappa shape index (κ2) is 12.8. The van der Waals surface area contributed by atoms with Crippen LogP contribution in [0.5, 0.6) is 51.7 Å². The lowest BCUT2D eigenvalue weighted by Crippen LogP contribution is -2.26. The topological polar surface area (TPSA) is 120 Å². The van der Waals surface area contributed by atoms with E-state index in [9.17, 15) is 0 Å². The highest BCUT2D eigenvalue weighted by atomic mass is 16.7. The van der Waals surface area contributed by atoms with E-state index in [-0.39, 0.29) is 63.6 Å². The molecule has 0 aliphatic carbocycles. The Kier molecular flexibility index (Phi) is 7.59. The van der Waals surface area contributed by atoms with Gasteiger partial charge < -0.3 is 61.6 Å². The van der Waals surface area contributed by atoms with Crippen molar-refractivity contribution in [2.24, 2.45) is 23.7 Å². The van der Waals surface area contributed by atoms with Gasteiger partial charge in [0.25, 0.3) is 0 Å². The Morgan fingerprint density at radius 3 is 1.19 bits per heavy atom. The summed E-state index contributed by atoms with van der Waals surface area (Å²) in [6.07, 6.45) is -0.328. The number of rotatable bonds is 5. The van der Waals surface area contributed by atoms with Gasteiger partial charge in [-0.1, -0.05) is 18.2 Å². The predicted molar refractivity (Wildman–Crippen MR) is 181 cm³/mol. The van der Waals surface area contributed by atoms with Crippen molar-refractivity contribution in [1.82, 2.24) is 0 Å². The van der Waals surface area contributed by atoms with Crippen molar-refractivity contribution >= 4 is 0 Å². The standard InChI is InChI=1S/C20H18O7.C20H18O6/c1-3-15-17(25-9-23-15)5-11(1)19-13-7-22-20(14(13)8-21-19)27-12-2-4-16-18(6-12)26-10-24-16;1-3-15-17(25-9-23-15)5-11(1)19-13-7-22-20(14(13)8-21-19)12-2-4-16-18(6-12)26-10-24-16/h1-6,13-14,19-20H,7-10H2;1-6,13-14,19-20H,7-10H2/t13-,14-,19+,20+;13-,14-,19-,20+/m00/s1. The molecule has 13 heteroatoms. The fourth-order valence-electron chi connectivity index (χ4n) is 8.56. The Hall–Kier alpha value is -5.08. The molecule has 0 aromatic heterocycles. The minimum Gasteiger partial charge on any atom is -0.464 e. The molecule has 13 nitrogen and oxygen atoms in total. The van der Waals surface area contributed by atoms with E-state index < -0.39 is 0 Å². The van der Waals surface area contributed by atoms with E-state index in [1.54, 1.807) is 0 Å². The lowest BCUT2D eigenvalue weighted by molar-refractivity contribution is -0.0788. The average Bonchev–Trinajstić information content (AvgIpc) is 4.04. The summed E-state index contributed by atoms with van der Waals surface area (Å²) in [7, 11) is 0. The molecular formula is C40H36O13. The molecule has 4 saturated heterocycles. The maximum Gasteiger partial charge on any atom is 0.231 e. The summed E-state index contributed by atoms with van der Waals surface area (Å²) >= 11 is 0. The van der Waals surface area contributed by atoms with E-state index >= 15 is 0 Å². The normalized spacial score (nSPS) is 30.2. The number of ether oxygens (including phenoxy) is 13. The first-order valence-corrected chi connectivity index (χ1v) is 17.9. The molecule has 0 saturated carbocycles. The van der Waals surface area contributed by atoms with Crippen LogP contribution in [-0.4, -0.2) is 59.9 Å². The van der Waals surface area contributed by atoms with Crippen molar-refractivity contribution in [3.8, 4) is 51.7 Å². The third-order valence-corrected chi connectivity index (χ3v) is 11.2. The van der Waals surface area contributed by atoms with Crippen molar-refractivity contribution in [2.75, 3.05) is 53.6 Å². The average molecular weight is 725 g/mol. The fraction of sp³-hybridized carbons (Fsp3) is 0.400. The second-order valence-electron chi connectivity index (χ2n) is 14.1.